The maximum Gasteiger partial charge on any atom is 0.239 e. The zero-order valence-corrected chi connectivity index (χ0v) is 10.5. The van der Waals surface area contributed by atoms with Gasteiger partial charge in [0.2, 0.25) is 5.88 Å². The molecule has 1 saturated heterocycles. The first-order valence-electron chi connectivity index (χ1n) is 6.45. The number of ether oxygens (including phenoxy) is 1. The molecule has 0 bridgehead atoms. The minimum absolute atomic E-state index is 0.579. The van der Waals surface area contributed by atoms with Crippen LogP contribution < -0.4 is 15.4 Å². The van der Waals surface area contributed by atoms with Crippen LogP contribution in [-0.2, 0) is 0 Å². The first-order valence-corrected chi connectivity index (χ1v) is 6.45. The van der Waals surface area contributed by atoms with Gasteiger partial charge in [0.25, 0.3) is 0 Å². The molecule has 1 aliphatic rings. The van der Waals surface area contributed by atoms with E-state index in [2.05, 4.69) is 16.8 Å². The van der Waals surface area contributed by atoms with Crippen LogP contribution in [0.25, 0.3) is 0 Å². The Balaban J connectivity index is 2.11. The maximum absolute atomic E-state index is 5.85. The van der Waals surface area contributed by atoms with E-state index >= 15 is 0 Å². The van der Waals surface area contributed by atoms with Crippen molar-refractivity contribution in [3.8, 4) is 5.88 Å². The van der Waals surface area contributed by atoms with Crippen LogP contribution in [0.1, 0.15) is 32.6 Å². The van der Waals surface area contributed by atoms with Crippen LogP contribution in [-0.4, -0.2) is 24.7 Å². The van der Waals surface area contributed by atoms with Gasteiger partial charge < -0.3 is 15.4 Å². The number of aromatic nitrogens is 1. The van der Waals surface area contributed by atoms with Crippen molar-refractivity contribution in [2.75, 3.05) is 30.3 Å². The molecule has 1 aliphatic heterocycles. The monoisotopic (exact) mass is 235 g/mol. The first-order chi connectivity index (χ1) is 8.31. The van der Waals surface area contributed by atoms with Crippen LogP contribution in [0.3, 0.4) is 0 Å². The molecule has 2 rings (SSSR count). The number of nitrogens with zero attached hydrogens (tertiary/aromatic N) is 2. The van der Waals surface area contributed by atoms with Crippen LogP contribution >= 0.6 is 0 Å². The Hall–Kier alpha value is -1.45. The molecule has 0 aliphatic carbocycles. The van der Waals surface area contributed by atoms with E-state index in [0.717, 1.165) is 25.3 Å². The highest BCUT2D eigenvalue weighted by molar-refractivity contribution is 5.54. The summed E-state index contributed by atoms with van der Waals surface area (Å²) in [6, 6.07) is 3.88. The molecule has 17 heavy (non-hydrogen) atoms. The Kier molecular flexibility index (Phi) is 4.07. The highest BCUT2D eigenvalue weighted by Gasteiger charge is 2.13. The average molecular weight is 235 g/mol. The molecule has 0 radical (unpaired) electrons. The number of nitrogen functional groups attached to an aromatic ring is 1. The number of hydrogen-bond donors (Lipinski definition) is 1. The van der Waals surface area contributed by atoms with Crippen LogP contribution in [0, 0.1) is 0 Å². The largest absolute Gasteiger partial charge is 0.476 e. The molecule has 0 aromatic carbocycles. The third-order valence-electron chi connectivity index (χ3n) is 3.00. The molecule has 2 N–H and O–H groups in total. The van der Waals surface area contributed by atoms with Gasteiger partial charge in [-0.3, -0.25) is 0 Å². The van der Waals surface area contributed by atoms with Crippen LogP contribution in [0.15, 0.2) is 12.1 Å². The Morgan fingerprint density at radius 1 is 1.29 bits per heavy atom. The number of piperidine rings is 1. The van der Waals surface area contributed by atoms with Crippen LogP contribution in [0.2, 0.25) is 0 Å². The molecule has 0 amide bonds. The summed E-state index contributed by atoms with van der Waals surface area (Å²) in [4.78, 5) is 6.82. The second kappa shape index (κ2) is 5.75. The lowest BCUT2D eigenvalue weighted by Crippen LogP contribution is -2.30. The van der Waals surface area contributed by atoms with Crippen molar-refractivity contribution >= 4 is 11.5 Å². The first kappa shape index (κ1) is 12.0. The number of nitrogens with two attached hydrogens (primary N) is 1. The zero-order chi connectivity index (χ0) is 12.1. The zero-order valence-electron chi connectivity index (χ0n) is 10.5. The molecule has 1 fully saturated rings. The summed E-state index contributed by atoms with van der Waals surface area (Å²) in [7, 11) is 0. The van der Waals surface area contributed by atoms with E-state index in [1.165, 1.54) is 19.3 Å². The van der Waals surface area contributed by atoms with Crippen molar-refractivity contribution in [1.82, 2.24) is 4.98 Å². The van der Waals surface area contributed by atoms with Crippen LogP contribution in [0.4, 0.5) is 11.5 Å². The van der Waals surface area contributed by atoms with Gasteiger partial charge in [0.15, 0.2) is 0 Å². The summed E-state index contributed by atoms with van der Waals surface area (Å²) in [6.45, 7) is 4.92. The lowest BCUT2D eigenvalue weighted by Gasteiger charge is -2.28. The van der Waals surface area contributed by atoms with Crippen molar-refractivity contribution in [3.05, 3.63) is 12.1 Å². The van der Waals surface area contributed by atoms with E-state index in [1.807, 2.05) is 12.1 Å². The third-order valence-corrected chi connectivity index (χ3v) is 3.00. The molecular formula is C13H21N3O. The summed E-state index contributed by atoms with van der Waals surface area (Å²) in [5.41, 5.74) is 6.48. The fraction of sp³-hybridized carbons (Fsp3) is 0.615. The molecule has 94 valence electrons. The summed E-state index contributed by atoms with van der Waals surface area (Å²) in [5.74, 6) is 1.57. The molecule has 2 heterocycles. The van der Waals surface area contributed by atoms with Gasteiger partial charge >= 0.3 is 0 Å². The van der Waals surface area contributed by atoms with Crippen molar-refractivity contribution in [3.63, 3.8) is 0 Å². The Labute approximate surface area is 103 Å². The summed E-state index contributed by atoms with van der Waals surface area (Å²) >= 11 is 0. The molecule has 0 saturated carbocycles. The summed E-state index contributed by atoms with van der Waals surface area (Å²) in [6.07, 6.45) is 4.79. The van der Waals surface area contributed by atoms with Crippen LogP contribution in [0.5, 0.6) is 5.88 Å². The fourth-order valence-electron chi connectivity index (χ4n) is 2.05. The van der Waals surface area contributed by atoms with Gasteiger partial charge in [-0.15, -0.1) is 0 Å². The standard InChI is InChI=1S/C13H21N3O/c1-2-10-17-13-11(14)6-7-12(15-13)16-8-4-3-5-9-16/h6-7H,2-5,8-10,14H2,1H3. The number of pyridine rings is 1. The number of rotatable bonds is 4. The molecule has 0 atom stereocenters. The maximum atomic E-state index is 5.85. The van der Waals surface area contributed by atoms with Gasteiger partial charge in [-0.05, 0) is 37.8 Å². The van der Waals surface area contributed by atoms with E-state index < -0.39 is 0 Å². The van der Waals surface area contributed by atoms with E-state index in [4.69, 9.17) is 10.5 Å². The molecule has 4 nitrogen and oxygen atoms in total. The van der Waals surface area contributed by atoms with Crippen molar-refractivity contribution in [2.24, 2.45) is 0 Å². The number of hydrogen-bond acceptors (Lipinski definition) is 4. The smallest absolute Gasteiger partial charge is 0.239 e. The second-order valence-electron chi connectivity index (χ2n) is 4.46. The third kappa shape index (κ3) is 3.02. The van der Waals surface area contributed by atoms with E-state index in [1.54, 1.807) is 0 Å². The van der Waals surface area contributed by atoms with Gasteiger partial charge in [-0.25, -0.2) is 0 Å². The predicted octanol–water partition coefficient (Wildman–Crippen LogP) is 2.44. The van der Waals surface area contributed by atoms with E-state index in [-0.39, 0.29) is 0 Å². The lowest BCUT2D eigenvalue weighted by molar-refractivity contribution is 0.307. The highest BCUT2D eigenvalue weighted by atomic mass is 16.5. The minimum Gasteiger partial charge on any atom is -0.476 e. The molecule has 1 aromatic heterocycles. The fourth-order valence-corrected chi connectivity index (χ4v) is 2.05. The molecular weight excluding hydrogens is 214 g/mol. The number of anilines is 2. The average Bonchev–Trinajstić information content (AvgIpc) is 2.39. The lowest BCUT2D eigenvalue weighted by atomic mass is 10.1. The Bertz CT molecular complexity index is 362. The van der Waals surface area contributed by atoms with E-state index in [0.29, 0.717) is 18.2 Å². The Morgan fingerprint density at radius 3 is 2.76 bits per heavy atom. The normalized spacial score (nSPS) is 15.9. The SMILES string of the molecule is CCCOc1nc(N2CCCCC2)ccc1N. The second-order valence-corrected chi connectivity index (χ2v) is 4.46. The van der Waals surface area contributed by atoms with Gasteiger partial charge in [-0.2, -0.15) is 4.98 Å². The molecule has 0 unspecified atom stereocenters. The Morgan fingerprint density at radius 2 is 2.06 bits per heavy atom. The van der Waals surface area contributed by atoms with Gasteiger partial charge in [0.05, 0.1) is 12.3 Å². The van der Waals surface area contributed by atoms with Crippen molar-refractivity contribution < 1.29 is 4.74 Å². The molecule has 1 aromatic rings. The summed E-state index contributed by atoms with van der Waals surface area (Å²) < 4.78 is 5.55. The quantitative estimate of drug-likeness (QED) is 0.871. The van der Waals surface area contributed by atoms with Crippen molar-refractivity contribution in [2.45, 2.75) is 32.6 Å². The minimum atomic E-state index is 0.579. The highest BCUT2D eigenvalue weighted by Crippen LogP contribution is 2.25. The predicted molar refractivity (Wildman–Crippen MR) is 70.5 cm³/mol. The van der Waals surface area contributed by atoms with E-state index in [9.17, 15) is 0 Å². The van der Waals surface area contributed by atoms with Gasteiger partial charge in [-0.1, -0.05) is 6.92 Å². The van der Waals surface area contributed by atoms with Gasteiger partial charge in [0.1, 0.15) is 5.82 Å². The summed E-state index contributed by atoms with van der Waals surface area (Å²) in [5, 5.41) is 0. The topological polar surface area (TPSA) is 51.4 Å². The van der Waals surface area contributed by atoms with Crippen molar-refractivity contribution in [1.29, 1.82) is 0 Å². The molecule has 4 heteroatoms. The molecule has 0 spiro atoms. The van der Waals surface area contributed by atoms with Gasteiger partial charge in [0, 0.05) is 13.1 Å².